The Morgan fingerprint density at radius 1 is 0.848 bits per heavy atom. The van der Waals surface area contributed by atoms with Gasteiger partial charge in [0.15, 0.2) is 5.11 Å². The van der Waals surface area contributed by atoms with Crippen LogP contribution in [0, 0.1) is 12.8 Å². The van der Waals surface area contributed by atoms with Crippen LogP contribution in [0.15, 0.2) is 72.8 Å². The summed E-state index contributed by atoms with van der Waals surface area (Å²) >= 11 is 5.28. The van der Waals surface area contributed by atoms with Crippen LogP contribution in [0.3, 0.4) is 0 Å². The molecule has 0 bridgehead atoms. The van der Waals surface area contributed by atoms with Crippen LogP contribution in [-0.2, 0) is 0 Å². The molecule has 0 saturated carbocycles. The maximum atomic E-state index is 12.6. The molecule has 0 aromatic heterocycles. The van der Waals surface area contributed by atoms with Crippen molar-refractivity contribution in [1.29, 1.82) is 0 Å². The van der Waals surface area contributed by atoms with Gasteiger partial charge in [-0.1, -0.05) is 38.1 Å². The van der Waals surface area contributed by atoms with Crippen LogP contribution in [-0.4, -0.2) is 23.5 Å². The minimum absolute atomic E-state index is 0.129. The van der Waals surface area contributed by atoms with E-state index < -0.39 is 0 Å². The summed E-state index contributed by atoms with van der Waals surface area (Å²) in [5, 5.41) is 8.61. The molecule has 3 aromatic carbocycles. The van der Waals surface area contributed by atoms with E-state index >= 15 is 0 Å². The number of rotatable bonds is 7. The highest BCUT2D eigenvalue weighted by atomic mass is 32.1. The number of hydrogen-bond acceptors (Lipinski definition) is 4. The fourth-order valence-corrected chi connectivity index (χ4v) is 3.20. The quantitative estimate of drug-likeness (QED) is 0.410. The molecule has 0 atom stereocenters. The third-order valence-corrected chi connectivity index (χ3v) is 4.77. The molecular weight excluding hydrogens is 434 g/mol. The van der Waals surface area contributed by atoms with E-state index in [0.29, 0.717) is 35.1 Å². The molecule has 0 unspecified atom stereocenters. The lowest BCUT2D eigenvalue weighted by molar-refractivity contribution is 0.0975. The number of hydrogen-bond donors (Lipinski definition) is 3. The molecule has 0 radical (unpaired) electrons. The zero-order valence-electron chi connectivity index (χ0n) is 18.8. The first-order valence-corrected chi connectivity index (χ1v) is 11.0. The van der Waals surface area contributed by atoms with E-state index in [1.54, 1.807) is 42.5 Å². The summed E-state index contributed by atoms with van der Waals surface area (Å²) in [5.41, 5.74) is 3.27. The fraction of sp³-hybridized carbons (Fsp3) is 0.192. The standard InChI is InChI=1S/C26H27N3O3S/c1-17(2)16-32-23-12-6-9-20(15-23)25(31)29-26(33)28-22-11-5-8-19(14-22)24(30)27-21-10-4-7-18(3)13-21/h4-15,17H,16H2,1-3H3,(H,27,30)(H2,28,29,31,33). The Kier molecular flexibility index (Phi) is 8.16. The normalized spacial score (nSPS) is 10.4. The molecule has 3 aromatic rings. The number of carbonyl (C=O) groups is 2. The zero-order chi connectivity index (χ0) is 23.8. The minimum Gasteiger partial charge on any atom is -0.493 e. The van der Waals surface area contributed by atoms with E-state index in [2.05, 4.69) is 29.8 Å². The Labute approximate surface area is 199 Å². The Balaban J connectivity index is 1.60. The van der Waals surface area contributed by atoms with E-state index in [9.17, 15) is 9.59 Å². The SMILES string of the molecule is Cc1cccc(NC(=O)c2cccc(NC(=S)NC(=O)c3cccc(OCC(C)C)c3)c2)c1. The molecular formula is C26H27N3O3S. The largest absolute Gasteiger partial charge is 0.493 e. The topological polar surface area (TPSA) is 79.5 Å². The Hall–Kier alpha value is -3.71. The van der Waals surface area contributed by atoms with Gasteiger partial charge in [-0.15, -0.1) is 0 Å². The minimum atomic E-state index is -0.351. The van der Waals surface area contributed by atoms with E-state index in [4.69, 9.17) is 17.0 Å². The summed E-state index contributed by atoms with van der Waals surface area (Å²) in [6.45, 7) is 6.65. The summed E-state index contributed by atoms with van der Waals surface area (Å²) in [7, 11) is 0. The Morgan fingerprint density at radius 2 is 1.48 bits per heavy atom. The summed E-state index contributed by atoms with van der Waals surface area (Å²) in [6.07, 6.45) is 0. The molecule has 0 aliphatic rings. The number of thiocarbonyl (C=S) groups is 1. The van der Waals surface area contributed by atoms with E-state index in [1.165, 1.54) is 0 Å². The first kappa shape index (κ1) is 23.9. The first-order valence-electron chi connectivity index (χ1n) is 10.6. The molecule has 33 heavy (non-hydrogen) atoms. The van der Waals surface area contributed by atoms with Gasteiger partial charge in [0.25, 0.3) is 11.8 Å². The van der Waals surface area contributed by atoms with Crippen LogP contribution < -0.4 is 20.7 Å². The molecule has 2 amide bonds. The maximum absolute atomic E-state index is 12.6. The predicted molar refractivity (Wildman–Crippen MR) is 136 cm³/mol. The van der Waals surface area contributed by atoms with Gasteiger partial charge in [-0.25, -0.2) is 0 Å². The molecule has 0 aliphatic heterocycles. The molecule has 3 rings (SSSR count). The third-order valence-electron chi connectivity index (χ3n) is 4.57. The second kappa shape index (κ2) is 11.2. The van der Waals surface area contributed by atoms with Crippen molar-refractivity contribution in [1.82, 2.24) is 5.32 Å². The smallest absolute Gasteiger partial charge is 0.257 e. The van der Waals surface area contributed by atoms with Crippen molar-refractivity contribution >= 4 is 40.5 Å². The van der Waals surface area contributed by atoms with Crippen molar-refractivity contribution < 1.29 is 14.3 Å². The molecule has 0 saturated heterocycles. The van der Waals surface area contributed by atoms with Crippen molar-refractivity contribution in [3.05, 3.63) is 89.5 Å². The van der Waals surface area contributed by atoms with Crippen molar-refractivity contribution in [3.8, 4) is 5.75 Å². The Morgan fingerprint density at radius 3 is 2.18 bits per heavy atom. The molecule has 0 aliphatic carbocycles. The number of ether oxygens (including phenoxy) is 1. The number of carbonyl (C=O) groups excluding carboxylic acids is 2. The lowest BCUT2D eigenvalue weighted by atomic mass is 10.1. The summed E-state index contributed by atoms with van der Waals surface area (Å²) < 4.78 is 5.68. The predicted octanol–water partition coefficient (Wildman–Crippen LogP) is 5.41. The first-order chi connectivity index (χ1) is 15.8. The van der Waals surface area contributed by atoms with Gasteiger partial charge in [-0.05, 0) is 79.2 Å². The molecule has 7 heteroatoms. The second-order valence-electron chi connectivity index (χ2n) is 8.05. The van der Waals surface area contributed by atoms with E-state index in [1.807, 2.05) is 37.3 Å². The summed E-state index contributed by atoms with van der Waals surface area (Å²) in [4.78, 5) is 25.2. The molecule has 0 fully saturated rings. The van der Waals surface area contributed by atoms with E-state index in [0.717, 1.165) is 11.3 Å². The average Bonchev–Trinajstić information content (AvgIpc) is 2.78. The monoisotopic (exact) mass is 461 g/mol. The summed E-state index contributed by atoms with van der Waals surface area (Å²) in [5.74, 6) is 0.421. The number of nitrogens with one attached hydrogen (secondary N) is 3. The van der Waals surface area contributed by atoms with Gasteiger partial charge in [-0.2, -0.15) is 0 Å². The Bertz CT molecular complexity index is 1160. The van der Waals surface area contributed by atoms with Gasteiger partial charge in [-0.3, -0.25) is 14.9 Å². The van der Waals surface area contributed by atoms with E-state index in [-0.39, 0.29) is 16.9 Å². The van der Waals surface area contributed by atoms with Crippen molar-refractivity contribution in [3.63, 3.8) is 0 Å². The average molecular weight is 462 g/mol. The number of benzene rings is 3. The van der Waals surface area contributed by atoms with Crippen molar-refractivity contribution in [2.75, 3.05) is 17.2 Å². The molecule has 3 N–H and O–H groups in total. The van der Waals surface area contributed by atoms with Gasteiger partial charge in [0, 0.05) is 22.5 Å². The van der Waals surface area contributed by atoms with Crippen LogP contribution in [0.4, 0.5) is 11.4 Å². The molecule has 0 spiro atoms. The van der Waals surface area contributed by atoms with Gasteiger partial charge in [0.1, 0.15) is 5.75 Å². The molecule has 6 nitrogen and oxygen atoms in total. The number of aryl methyl sites for hydroxylation is 1. The fourth-order valence-electron chi connectivity index (χ4n) is 2.99. The van der Waals surface area contributed by atoms with Crippen LogP contribution in [0.5, 0.6) is 5.75 Å². The van der Waals surface area contributed by atoms with Crippen molar-refractivity contribution in [2.24, 2.45) is 5.92 Å². The highest BCUT2D eigenvalue weighted by Gasteiger charge is 2.11. The number of amides is 2. The van der Waals surface area contributed by atoms with Gasteiger partial charge in [0.2, 0.25) is 0 Å². The molecule has 170 valence electrons. The van der Waals surface area contributed by atoms with Crippen LogP contribution in [0.1, 0.15) is 40.1 Å². The maximum Gasteiger partial charge on any atom is 0.257 e. The van der Waals surface area contributed by atoms with Crippen LogP contribution >= 0.6 is 12.2 Å². The second-order valence-corrected chi connectivity index (χ2v) is 8.45. The van der Waals surface area contributed by atoms with Crippen LogP contribution in [0.2, 0.25) is 0 Å². The zero-order valence-corrected chi connectivity index (χ0v) is 19.7. The lowest BCUT2D eigenvalue weighted by Gasteiger charge is -2.12. The lowest BCUT2D eigenvalue weighted by Crippen LogP contribution is -2.34. The van der Waals surface area contributed by atoms with Gasteiger partial charge in [0.05, 0.1) is 6.61 Å². The third kappa shape index (κ3) is 7.43. The molecule has 0 heterocycles. The van der Waals surface area contributed by atoms with Gasteiger partial charge < -0.3 is 15.4 Å². The highest BCUT2D eigenvalue weighted by Crippen LogP contribution is 2.16. The number of anilines is 2. The van der Waals surface area contributed by atoms with Crippen molar-refractivity contribution in [2.45, 2.75) is 20.8 Å². The summed E-state index contributed by atoms with van der Waals surface area (Å²) in [6, 6.07) is 21.4. The highest BCUT2D eigenvalue weighted by molar-refractivity contribution is 7.80. The van der Waals surface area contributed by atoms with Gasteiger partial charge >= 0.3 is 0 Å². The van der Waals surface area contributed by atoms with Crippen LogP contribution in [0.25, 0.3) is 0 Å².